The molecule has 0 aliphatic rings. The van der Waals surface area contributed by atoms with Crippen molar-refractivity contribution < 1.29 is 0 Å². The minimum atomic E-state index is -0.291. The van der Waals surface area contributed by atoms with Crippen molar-refractivity contribution in [2.45, 2.75) is 53.8 Å². The normalized spacial score (nSPS) is 11.7. The maximum Gasteiger partial charge on any atom is 0.332 e. The second kappa shape index (κ2) is 6.48. The molecule has 7 heteroatoms. The Morgan fingerprint density at radius 1 is 1.18 bits per heavy atom. The lowest BCUT2D eigenvalue weighted by atomic mass is 10.2. The summed E-state index contributed by atoms with van der Waals surface area (Å²) < 4.78 is 4.79. The van der Waals surface area contributed by atoms with Crippen LogP contribution >= 0.6 is 0 Å². The number of hydrogen-bond donors (Lipinski definition) is 1. The van der Waals surface area contributed by atoms with E-state index in [0.29, 0.717) is 43.8 Å². The van der Waals surface area contributed by atoms with Crippen LogP contribution in [-0.2, 0) is 19.6 Å². The van der Waals surface area contributed by atoms with Gasteiger partial charge in [0.05, 0.1) is 0 Å². The van der Waals surface area contributed by atoms with Crippen molar-refractivity contribution in [2.75, 3.05) is 6.54 Å². The van der Waals surface area contributed by atoms with Gasteiger partial charge in [-0.15, -0.1) is 0 Å². The molecule has 2 aromatic rings. The number of nitrogens with zero attached hydrogens (tertiary/aromatic N) is 4. The summed E-state index contributed by atoms with van der Waals surface area (Å²) in [7, 11) is 0. The van der Waals surface area contributed by atoms with Crippen LogP contribution in [0.15, 0.2) is 9.59 Å². The molecule has 0 radical (unpaired) electrons. The lowest BCUT2D eigenvalue weighted by molar-refractivity contribution is 0.482. The van der Waals surface area contributed by atoms with Gasteiger partial charge in [0, 0.05) is 19.6 Å². The number of rotatable bonds is 6. The van der Waals surface area contributed by atoms with E-state index < -0.39 is 0 Å². The Hall–Kier alpha value is -1.89. The molecule has 2 aromatic heterocycles. The summed E-state index contributed by atoms with van der Waals surface area (Å²) in [6.45, 7) is 9.88. The predicted octanol–water partition coefficient (Wildman–Crippen LogP) is 0.693. The molecule has 22 heavy (non-hydrogen) atoms. The number of imidazole rings is 1. The van der Waals surface area contributed by atoms with Crippen LogP contribution in [0.1, 0.15) is 33.0 Å². The van der Waals surface area contributed by atoms with Crippen LogP contribution in [0.4, 0.5) is 0 Å². The van der Waals surface area contributed by atoms with Gasteiger partial charge in [-0.05, 0) is 32.7 Å². The van der Waals surface area contributed by atoms with E-state index >= 15 is 0 Å². The highest BCUT2D eigenvalue weighted by Gasteiger charge is 2.19. The van der Waals surface area contributed by atoms with Gasteiger partial charge in [-0.2, -0.15) is 0 Å². The average Bonchev–Trinajstić information content (AvgIpc) is 2.80. The molecule has 0 spiro atoms. The molecule has 0 fully saturated rings. The summed E-state index contributed by atoms with van der Waals surface area (Å²) in [5.74, 6) is 1.04. The first kappa shape index (κ1) is 16.5. The van der Waals surface area contributed by atoms with Crippen LogP contribution in [0.3, 0.4) is 0 Å². The molecule has 2 rings (SSSR count). The van der Waals surface area contributed by atoms with Gasteiger partial charge in [-0.1, -0.05) is 13.8 Å². The Kier molecular flexibility index (Phi) is 4.85. The Labute approximate surface area is 129 Å². The van der Waals surface area contributed by atoms with E-state index in [4.69, 9.17) is 5.73 Å². The zero-order valence-electron chi connectivity index (χ0n) is 13.8. The highest BCUT2D eigenvalue weighted by Crippen LogP contribution is 2.12. The standard InChI is InChI=1S/C15H25N5O2/c1-5-18-11(4)17-13-12(18)14(21)19(8-6-7-16)15(22)20(13)9-10(2)3/h10H,5-9,16H2,1-4H3. The monoisotopic (exact) mass is 307 g/mol. The predicted molar refractivity (Wildman–Crippen MR) is 87.2 cm³/mol. The first-order valence-electron chi connectivity index (χ1n) is 7.82. The fourth-order valence-corrected chi connectivity index (χ4v) is 2.76. The first-order valence-corrected chi connectivity index (χ1v) is 7.82. The molecule has 0 saturated heterocycles. The summed E-state index contributed by atoms with van der Waals surface area (Å²) in [6, 6.07) is 0. The summed E-state index contributed by atoms with van der Waals surface area (Å²) in [4.78, 5) is 29.9. The van der Waals surface area contributed by atoms with Crippen molar-refractivity contribution in [1.82, 2.24) is 18.7 Å². The molecule has 0 bridgehead atoms. The van der Waals surface area contributed by atoms with Gasteiger partial charge < -0.3 is 10.3 Å². The van der Waals surface area contributed by atoms with Gasteiger partial charge in [0.2, 0.25) is 0 Å². The highest BCUT2D eigenvalue weighted by molar-refractivity contribution is 5.71. The third-order valence-corrected chi connectivity index (χ3v) is 3.76. The number of fused-ring (bicyclic) bond motifs is 1. The van der Waals surface area contributed by atoms with Gasteiger partial charge in [0.15, 0.2) is 11.2 Å². The van der Waals surface area contributed by atoms with E-state index in [-0.39, 0.29) is 17.2 Å². The van der Waals surface area contributed by atoms with E-state index in [1.165, 1.54) is 4.57 Å². The molecular weight excluding hydrogens is 282 g/mol. The third kappa shape index (κ3) is 2.72. The maximum absolute atomic E-state index is 12.7. The van der Waals surface area contributed by atoms with E-state index in [1.54, 1.807) is 4.57 Å². The Morgan fingerprint density at radius 2 is 1.86 bits per heavy atom. The Bertz CT molecular complexity index is 782. The van der Waals surface area contributed by atoms with E-state index in [0.717, 1.165) is 5.82 Å². The molecule has 0 amide bonds. The Morgan fingerprint density at radius 3 is 2.41 bits per heavy atom. The fourth-order valence-electron chi connectivity index (χ4n) is 2.76. The largest absolute Gasteiger partial charge is 0.332 e. The summed E-state index contributed by atoms with van der Waals surface area (Å²) >= 11 is 0. The van der Waals surface area contributed by atoms with Gasteiger partial charge in [0.1, 0.15) is 5.82 Å². The van der Waals surface area contributed by atoms with E-state index in [1.807, 2.05) is 32.3 Å². The summed E-state index contributed by atoms with van der Waals surface area (Å²) in [5, 5.41) is 0. The lowest BCUT2D eigenvalue weighted by Gasteiger charge is -2.13. The second-order valence-electron chi connectivity index (χ2n) is 5.96. The van der Waals surface area contributed by atoms with Crippen LogP contribution in [0.5, 0.6) is 0 Å². The van der Waals surface area contributed by atoms with Crippen LogP contribution in [-0.4, -0.2) is 25.2 Å². The van der Waals surface area contributed by atoms with Crippen molar-refractivity contribution in [3.8, 4) is 0 Å². The smallest absolute Gasteiger partial charge is 0.330 e. The van der Waals surface area contributed by atoms with Gasteiger partial charge in [-0.25, -0.2) is 9.78 Å². The number of aromatic nitrogens is 4. The van der Waals surface area contributed by atoms with Crippen LogP contribution in [0.2, 0.25) is 0 Å². The molecule has 2 N–H and O–H groups in total. The SMILES string of the molecule is CCn1c(C)nc2c1c(=O)n(CCCN)c(=O)n2CC(C)C. The molecule has 0 atom stereocenters. The van der Waals surface area contributed by atoms with Crippen LogP contribution < -0.4 is 17.0 Å². The van der Waals surface area contributed by atoms with Crippen molar-refractivity contribution >= 4 is 11.2 Å². The quantitative estimate of drug-likeness (QED) is 0.850. The molecule has 2 heterocycles. The first-order chi connectivity index (χ1) is 10.4. The number of nitrogens with two attached hydrogens (primary N) is 1. The van der Waals surface area contributed by atoms with Crippen LogP contribution in [0, 0.1) is 12.8 Å². The average molecular weight is 307 g/mol. The van der Waals surface area contributed by atoms with Crippen molar-refractivity contribution in [3.63, 3.8) is 0 Å². The summed E-state index contributed by atoms with van der Waals surface area (Å²) in [6.07, 6.45) is 0.599. The van der Waals surface area contributed by atoms with E-state index in [9.17, 15) is 9.59 Å². The van der Waals surface area contributed by atoms with Crippen molar-refractivity contribution in [2.24, 2.45) is 11.7 Å². The third-order valence-electron chi connectivity index (χ3n) is 3.76. The zero-order chi connectivity index (χ0) is 16.4. The minimum Gasteiger partial charge on any atom is -0.330 e. The topological polar surface area (TPSA) is 87.8 Å². The molecule has 0 saturated carbocycles. The van der Waals surface area contributed by atoms with Gasteiger partial charge in [-0.3, -0.25) is 13.9 Å². The molecule has 7 nitrogen and oxygen atoms in total. The molecule has 0 aromatic carbocycles. The molecule has 0 aliphatic carbocycles. The number of hydrogen-bond acceptors (Lipinski definition) is 4. The molecule has 0 aliphatic heterocycles. The highest BCUT2D eigenvalue weighted by atomic mass is 16.2. The van der Waals surface area contributed by atoms with Crippen molar-refractivity contribution in [1.29, 1.82) is 0 Å². The Balaban J connectivity index is 2.85. The van der Waals surface area contributed by atoms with Gasteiger partial charge in [0.25, 0.3) is 5.56 Å². The van der Waals surface area contributed by atoms with E-state index in [2.05, 4.69) is 4.98 Å². The lowest BCUT2D eigenvalue weighted by Crippen LogP contribution is -2.41. The van der Waals surface area contributed by atoms with Gasteiger partial charge >= 0.3 is 5.69 Å². The molecular formula is C15H25N5O2. The fraction of sp³-hybridized carbons (Fsp3) is 0.667. The van der Waals surface area contributed by atoms with Crippen LogP contribution in [0.25, 0.3) is 11.2 Å². The zero-order valence-corrected chi connectivity index (χ0v) is 13.8. The molecule has 122 valence electrons. The minimum absolute atomic E-state index is 0.268. The summed E-state index contributed by atoms with van der Waals surface area (Å²) in [5.41, 5.74) is 5.97. The van der Waals surface area contributed by atoms with Crippen molar-refractivity contribution in [3.05, 3.63) is 26.7 Å². The maximum atomic E-state index is 12.7. The second-order valence-corrected chi connectivity index (χ2v) is 5.96. The number of aryl methyl sites for hydroxylation is 2. The molecule has 0 unspecified atom stereocenters.